The molecule has 1 aliphatic carbocycles. The van der Waals surface area contributed by atoms with E-state index in [1.165, 1.54) is 51.7 Å². The zero-order valence-electron chi connectivity index (χ0n) is 9.68. The van der Waals surface area contributed by atoms with Gasteiger partial charge in [0, 0.05) is 13.1 Å². The zero-order chi connectivity index (χ0) is 10.0. The second kappa shape index (κ2) is 4.19. The zero-order valence-corrected chi connectivity index (χ0v) is 9.68. The van der Waals surface area contributed by atoms with Crippen molar-refractivity contribution in [3.05, 3.63) is 0 Å². The first-order valence-electron chi connectivity index (χ1n) is 6.06. The van der Waals surface area contributed by atoms with E-state index in [4.69, 9.17) is 0 Å². The second-order valence-corrected chi connectivity index (χ2v) is 5.67. The van der Waals surface area contributed by atoms with Crippen LogP contribution in [0.4, 0.5) is 0 Å². The molecule has 2 nitrogen and oxygen atoms in total. The van der Waals surface area contributed by atoms with Gasteiger partial charge in [-0.25, -0.2) is 0 Å². The van der Waals surface area contributed by atoms with Crippen LogP contribution in [0.3, 0.4) is 0 Å². The molecule has 0 aromatic heterocycles. The largest absolute Gasteiger partial charge is 0.316 e. The van der Waals surface area contributed by atoms with E-state index in [1.54, 1.807) is 0 Å². The molecule has 1 heterocycles. The van der Waals surface area contributed by atoms with E-state index in [0.29, 0.717) is 5.41 Å². The van der Waals surface area contributed by atoms with E-state index in [1.807, 2.05) is 0 Å². The topological polar surface area (TPSA) is 15.3 Å². The van der Waals surface area contributed by atoms with Crippen LogP contribution in [0.2, 0.25) is 0 Å². The standard InChI is InChI=1S/C12H24N2/c1-14(2)10-12(8-11-4-5-11)6-3-7-13-9-12/h11,13H,3-10H2,1-2H3. The summed E-state index contributed by atoms with van der Waals surface area (Å²) in [5, 5.41) is 3.59. The van der Waals surface area contributed by atoms with E-state index in [2.05, 4.69) is 24.3 Å². The first kappa shape index (κ1) is 10.4. The second-order valence-electron chi connectivity index (χ2n) is 5.67. The van der Waals surface area contributed by atoms with Gasteiger partial charge < -0.3 is 10.2 Å². The molecule has 1 unspecified atom stereocenters. The third-order valence-corrected chi connectivity index (χ3v) is 3.63. The molecule has 0 radical (unpaired) electrons. The van der Waals surface area contributed by atoms with Crippen molar-refractivity contribution in [2.75, 3.05) is 33.7 Å². The van der Waals surface area contributed by atoms with Gasteiger partial charge in [-0.2, -0.15) is 0 Å². The summed E-state index contributed by atoms with van der Waals surface area (Å²) in [6.45, 7) is 3.76. The van der Waals surface area contributed by atoms with Crippen LogP contribution < -0.4 is 5.32 Å². The smallest absolute Gasteiger partial charge is 0.00442 e. The maximum Gasteiger partial charge on any atom is 0.00442 e. The first-order valence-corrected chi connectivity index (χ1v) is 6.06. The lowest BCUT2D eigenvalue weighted by Gasteiger charge is -2.40. The number of piperidine rings is 1. The maximum atomic E-state index is 3.59. The van der Waals surface area contributed by atoms with Crippen molar-refractivity contribution in [3.63, 3.8) is 0 Å². The molecule has 1 atom stereocenters. The Morgan fingerprint density at radius 3 is 2.64 bits per heavy atom. The average molecular weight is 196 g/mol. The summed E-state index contributed by atoms with van der Waals surface area (Å²) in [5.74, 6) is 1.06. The predicted octanol–water partition coefficient (Wildman–Crippen LogP) is 1.72. The Morgan fingerprint density at radius 1 is 1.36 bits per heavy atom. The van der Waals surface area contributed by atoms with E-state index in [-0.39, 0.29) is 0 Å². The van der Waals surface area contributed by atoms with Crippen LogP contribution in [-0.4, -0.2) is 38.6 Å². The molecule has 1 N–H and O–H groups in total. The lowest BCUT2D eigenvalue weighted by Crippen LogP contribution is -2.46. The first-order chi connectivity index (χ1) is 6.70. The third kappa shape index (κ3) is 2.71. The van der Waals surface area contributed by atoms with Gasteiger partial charge in [0.25, 0.3) is 0 Å². The molecule has 1 aliphatic heterocycles. The highest BCUT2D eigenvalue weighted by Crippen LogP contribution is 2.43. The van der Waals surface area contributed by atoms with Crippen LogP contribution in [-0.2, 0) is 0 Å². The molecule has 0 spiro atoms. The van der Waals surface area contributed by atoms with Crippen molar-refractivity contribution in [1.29, 1.82) is 0 Å². The summed E-state index contributed by atoms with van der Waals surface area (Å²) in [7, 11) is 4.42. The molecule has 0 amide bonds. The third-order valence-electron chi connectivity index (χ3n) is 3.63. The van der Waals surface area contributed by atoms with Crippen molar-refractivity contribution in [2.45, 2.75) is 32.1 Å². The van der Waals surface area contributed by atoms with Gasteiger partial charge in [0.05, 0.1) is 0 Å². The molecular weight excluding hydrogens is 172 g/mol. The summed E-state index contributed by atoms with van der Waals surface area (Å²) in [4.78, 5) is 2.37. The summed E-state index contributed by atoms with van der Waals surface area (Å²) in [6, 6.07) is 0. The predicted molar refractivity (Wildman–Crippen MR) is 60.4 cm³/mol. The molecule has 2 rings (SSSR count). The van der Waals surface area contributed by atoms with Crippen molar-refractivity contribution < 1.29 is 0 Å². The summed E-state index contributed by atoms with van der Waals surface area (Å²) in [5.41, 5.74) is 0.600. The van der Waals surface area contributed by atoms with Crippen molar-refractivity contribution in [1.82, 2.24) is 10.2 Å². The molecular formula is C12H24N2. The highest BCUT2D eigenvalue weighted by molar-refractivity contribution is 4.92. The molecule has 1 saturated heterocycles. The normalized spacial score (nSPS) is 33.6. The number of hydrogen-bond acceptors (Lipinski definition) is 2. The number of hydrogen-bond donors (Lipinski definition) is 1. The summed E-state index contributed by atoms with van der Waals surface area (Å²) in [6.07, 6.45) is 7.28. The monoisotopic (exact) mass is 196 g/mol. The Kier molecular flexibility index (Phi) is 3.13. The van der Waals surface area contributed by atoms with Crippen LogP contribution >= 0.6 is 0 Å². The fourth-order valence-electron chi connectivity index (χ4n) is 3.01. The van der Waals surface area contributed by atoms with Gasteiger partial charge in [0.15, 0.2) is 0 Å². The minimum Gasteiger partial charge on any atom is -0.316 e. The number of nitrogens with one attached hydrogen (secondary N) is 1. The van der Waals surface area contributed by atoms with Gasteiger partial charge in [-0.1, -0.05) is 12.8 Å². The Morgan fingerprint density at radius 2 is 2.14 bits per heavy atom. The quantitative estimate of drug-likeness (QED) is 0.736. The van der Waals surface area contributed by atoms with Gasteiger partial charge in [0.2, 0.25) is 0 Å². The Balaban J connectivity index is 1.93. The lowest BCUT2D eigenvalue weighted by molar-refractivity contribution is 0.129. The summed E-state index contributed by atoms with van der Waals surface area (Å²) >= 11 is 0. The van der Waals surface area contributed by atoms with Crippen molar-refractivity contribution in [3.8, 4) is 0 Å². The van der Waals surface area contributed by atoms with Gasteiger partial charge in [0.1, 0.15) is 0 Å². The Bertz CT molecular complexity index is 173. The van der Waals surface area contributed by atoms with Gasteiger partial charge in [-0.15, -0.1) is 0 Å². The highest BCUT2D eigenvalue weighted by atomic mass is 15.1. The Labute approximate surface area is 88.1 Å². The molecule has 82 valence electrons. The molecule has 0 bridgehead atoms. The molecule has 2 aliphatic rings. The van der Waals surface area contributed by atoms with E-state index < -0.39 is 0 Å². The maximum absolute atomic E-state index is 3.59. The Hall–Kier alpha value is -0.0800. The highest BCUT2D eigenvalue weighted by Gasteiger charge is 2.38. The molecule has 2 heteroatoms. The van der Waals surface area contributed by atoms with E-state index >= 15 is 0 Å². The van der Waals surface area contributed by atoms with Crippen molar-refractivity contribution in [2.24, 2.45) is 11.3 Å². The van der Waals surface area contributed by atoms with Crippen LogP contribution in [0, 0.1) is 11.3 Å². The lowest BCUT2D eigenvalue weighted by atomic mass is 9.76. The minimum absolute atomic E-state index is 0.600. The number of rotatable bonds is 4. The molecule has 1 saturated carbocycles. The van der Waals surface area contributed by atoms with E-state index in [0.717, 1.165) is 5.92 Å². The molecule has 14 heavy (non-hydrogen) atoms. The minimum atomic E-state index is 0.600. The van der Waals surface area contributed by atoms with Crippen LogP contribution in [0.5, 0.6) is 0 Å². The van der Waals surface area contributed by atoms with Gasteiger partial charge in [-0.05, 0) is 51.2 Å². The van der Waals surface area contributed by atoms with Crippen LogP contribution in [0.1, 0.15) is 32.1 Å². The SMILES string of the molecule is CN(C)CC1(CC2CC2)CCCNC1. The average Bonchev–Trinajstić information content (AvgIpc) is 2.88. The van der Waals surface area contributed by atoms with Gasteiger partial charge in [-0.3, -0.25) is 0 Å². The van der Waals surface area contributed by atoms with E-state index in [9.17, 15) is 0 Å². The van der Waals surface area contributed by atoms with Gasteiger partial charge >= 0.3 is 0 Å². The number of nitrogens with zero attached hydrogens (tertiary/aromatic N) is 1. The molecule has 0 aromatic carbocycles. The summed E-state index contributed by atoms with van der Waals surface area (Å²) < 4.78 is 0. The van der Waals surface area contributed by atoms with Crippen LogP contribution in [0.25, 0.3) is 0 Å². The van der Waals surface area contributed by atoms with Crippen LogP contribution in [0.15, 0.2) is 0 Å². The molecule has 2 fully saturated rings. The molecule has 0 aromatic rings. The fraction of sp³-hybridized carbons (Fsp3) is 1.00. The van der Waals surface area contributed by atoms with Crippen molar-refractivity contribution >= 4 is 0 Å². The fourth-order valence-corrected chi connectivity index (χ4v) is 3.01.